The van der Waals surface area contributed by atoms with Crippen LogP contribution in [0.3, 0.4) is 0 Å². The van der Waals surface area contributed by atoms with Crippen LogP contribution in [0, 0.1) is 17.5 Å². The molecule has 1 atom stereocenters. The van der Waals surface area contributed by atoms with Gasteiger partial charge in [0.25, 0.3) is 5.56 Å². The van der Waals surface area contributed by atoms with Gasteiger partial charge < -0.3 is 15.2 Å². The number of pyridine rings is 1. The molecule has 1 aromatic heterocycles. The lowest BCUT2D eigenvalue weighted by Crippen LogP contribution is -2.44. The number of rotatable bonds is 4. The molecule has 2 aromatic carbocycles. The normalized spacial score (nSPS) is 15.9. The SMILES string of the molecule is O=C1CCC(n2ccc3ccc(CNC(=O)Nc4cc(F)c(F)c(F)c4)cc3c2=O)C(=O)N1. The number of urea groups is 1. The molecule has 0 saturated carbocycles. The third-order valence-electron chi connectivity index (χ3n) is 5.24. The van der Waals surface area contributed by atoms with Gasteiger partial charge in [-0.25, -0.2) is 18.0 Å². The largest absolute Gasteiger partial charge is 0.334 e. The second kappa shape index (κ2) is 8.77. The van der Waals surface area contributed by atoms with Gasteiger partial charge in [0, 0.05) is 42.4 Å². The topological polar surface area (TPSA) is 109 Å². The molecule has 1 aliphatic rings. The number of aromatic nitrogens is 1. The predicted octanol–water partition coefficient (Wildman–Crippen LogP) is 2.72. The average molecular weight is 458 g/mol. The highest BCUT2D eigenvalue weighted by Crippen LogP contribution is 2.20. The summed E-state index contributed by atoms with van der Waals surface area (Å²) in [5, 5.41) is 7.82. The van der Waals surface area contributed by atoms with Crippen LogP contribution >= 0.6 is 0 Å². The third kappa shape index (κ3) is 4.56. The monoisotopic (exact) mass is 458 g/mol. The number of nitrogens with one attached hydrogen (secondary N) is 3. The molecule has 2 heterocycles. The first kappa shape index (κ1) is 22.1. The molecule has 8 nitrogen and oxygen atoms in total. The van der Waals surface area contributed by atoms with E-state index in [2.05, 4.69) is 16.0 Å². The molecule has 11 heteroatoms. The number of carbonyl (C=O) groups excluding carboxylic acids is 3. The molecule has 3 N–H and O–H groups in total. The zero-order valence-corrected chi connectivity index (χ0v) is 17.0. The maximum Gasteiger partial charge on any atom is 0.319 e. The minimum Gasteiger partial charge on any atom is -0.334 e. The minimum atomic E-state index is -1.64. The van der Waals surface area contributed by atoms with Gasteiger partial charge in [-0.3, -0.25) is 19.7 Å². The van der Waals surface area contributed by atoms with E-state index >= 15 is 0 Å². The van der Waals surface area contributed by atoms with Crippen LogP contribution in [0.4, 0.5) is 23.7 Å². The Kier molecular flexibility index (Phi) is 5.86. The molecule has 1 saturated heterocycles. The maximum atomic E-state index is 13.3. The number of carbonyl (C=O) groups is 3. The van der Waals surface area contributed by atoms with E-state index in [0.717, 1.165) is 0 Å². The van der Waals surface area contributed by atoms with E-state index < -0.39 is 41.0 Å². The van der Waals surface area contributed by atoms with Crippen molar-refractivity contribution in [1.29, 1.82) is 0 Å². The third-order valence-corrected chi connectivity index (χ3v) is 5.24. The fourth-order valence-corrected chi connectivity index (χ4v) is 3.59. The smallest absolute Gasteiger partial charge is 0.319 e. The molecule has 170 valence electrons. The Morgan fingerprint density at radius 2 is 1.79 bits per heavy atom. The van der Waals surface area contributed by atoms with E-state index in [4.69, 9.17) is 0 Å². The van der Waals surface area contributed by atoms with Crippen molar-refractivity contribution >= 4 is 34.3 Å². The highest BCUT2D eigenvalue weighted by Gasteiger charge is 2.28. The van der Waals surface area contributed by atoms with Crippen molar-refractivity contribution < 1.29 is 27.6 Å². The average Bonchev–Trinajstić information content (AvgIpc) is 2.77. The van der Waals surface area contributed by atoms with E-state index in [1.165, 1.54) is 10.8 Å². The number of hydrogen-bond acceptors (Lipinski definition) is 4. The van der Waals surface area contributed by atoms with Gasteiger partial charge in [0.1, 0.15) is 6.04 Å². The lowest BCUT2D eigenvalue weighted by Gasteiger charge is -2.23. The molecule has 1 fully saturated rings. The molecular weight excluding hydrogens is 441 g/mol. The number of nitrogens with zero attached hydrogens (tertiary/aromatic N) is 1. The van der Waals surface area contributed by atoms with Crippen molar-refractivity contribution in [3.8, 4) is 0 Å². The summed E-state index contributed by atoms with van der Waals surface area (Å²) in [5.74, 6) is -5.45. The van der Waals surface area contributed by atoms with Crippen LogP contribution in [0.25, 0.3) is 10.8 Å². The zero-order valence-electron chi connectivity index (χ0n) is 17.0. The van der Waals surface area contributed by atoms with Crippen molar-refractivity contribution in [2.75, 3.05) is 5.32 Å². The molecule has 4 rings (SSSR count). The summed E-state index contributed by atoms with van der Waals surface area (Å²) in [6.45, 7) is -0.0271. The number of imide groups is 1. The van der Waals surface area contributed by atoms with Crippen LogP contribution in [0.5, 0.6) is 0 Å². The van der Waals surface area contributed by atoms with Crippen LogP contribution in [0.2, 0.25) is 0 Å². The molecule has 0 radical (unpaired) electrons. The number of hydrogen-bond donors (Lipinski definition) is 3. The first-order chi connectivity index (χ1) is 15.7. The van der Waals surface area contributed by atoms with Gasteiger partial charge in [-0.15, -0.1) is 0 Å². The first-order valence-corrected chi connectivity index (χ1v) is 9.90. The van der Waals surface area contributed by atoms with Crippen molar-refractivity contribution in [3.05, 3.63) is 76.0 Å². The van der Waals surface area contributed by atoms with E-state index in [-0.39, 0.29) is 31.0 Å². The molecule has 1 unspecified atom stereocenters. The number of halogens is 3. The maximum absolute atomic E-state index is 13.3. The predicted molar refractivity (Wildman–Crippen MR) is 112 cm³/mol. The number of benzene rings is 2. The summed E-state index contributed by atoms with van der Waals surface area (Å²) >= 11 is 0. The van der Waals surface area contributed by atoms with Gasteiger partial charge in [-0.2, -0.15) is 0 Å². The van der Waals surface area contributed by atoms with Crippen LogP contribution in [0.1, 0.15) is 24.4 Å². The Hall–Kier alpha value is -4.15. The van der Waals surface area contributed by atoms with Crippen LogP contribution in [-0.2, 0) is 16.1 Å². The van der Waals surface area contributed by atoms with Crippen LogP contribution in [-0.4, -0.2) is 22.4 Å². The Labute approximate surface area is 184 Å². The van der Waals surface area contributed by atoms with Gasteiger partial charge in [0.15, 0.2) is 17.5 Å². The lowest BCUT2D eigenvalue weighted by molar-refractivity contribution is -0.135. The molecular formula is C22H17F3N4O4. The Morgan fingerprint density at radius 3 is 2.48 bits per heavy atom. The number of amides is 4. The fraction of sp³-hybridized carbons (Fsp3) is 0.182. The highest BCUT2D eigenvalue weighted by molar-refractivity contribution is 5.99. The van der Waals surface area contributed by atoms with E-state index in [1.54, 1.807) is 24.3 Å². The van der Waals surface area contributed by atoms with E-state index in [9.17, 15) is 32.3 Å². The quantitative estimate of drug-likeness (QED) is 0.413. The Balaban J connectivity index is 1.50. The molecule has 1 aliphatic heterocycles. The van der Waals surface area contributed by atoms with Crippen molar-refractivity contribution in [2.24, 2.45) is 0 Å². The first-order valence-electron chi connectivity index (χ1n) is 9.90. The molecule has 4 amide bonds. The summed E-state index contributed by atoms with van der Waals surface area (Å²) in [5.41, 5.74) is -0.146. The number of anilines is 1. The van der Waals surface area contributed by atoms with Gasteiger partial charge in [-0.1, -0.05) is 12.1 Å². The van der Waals surface area contributed by atoms with Crippen LogP contribution < -0.4 is 21.5 Å². The van der Waals surface area contributed by atoms with Crippen molar-refractivity contribution in [1.82, 2.24) is 15.2 Å². The van der Waals surface area contributed by atoms with Gasteiger partial charge in [-0.05, 0) is 29.5 Å². The van der Waals surface area contributed by atoms with Crippen molar-refractivity contribution in [2.45, 2.75) is 25.4 Å². The van der Waals surface area contributed by atoms with Gasteiger partial charge in [0.05, 0.1) is 0 Å². The lowest BCUT2D eigenvalue weighted by atomic mass is 10.0. The summed E-state index contributed by atoms with van der Waals surface area (Å²) in [6.07, 6.45) is 1.83. The second-order valence-electron chi connectivity index (χ2n) is 7.48. The summed E-state index contributed by atoms with van der Waals surface area (Å²) in [4.78, 5) is 48.5. The van der Waals surface area contributed by atoms with E-state index in [0.29, 0.717) is 28.5 Å². The number of piperidine rings is 1. The summed E-state index contributed by atoms with van der Waals surface area (Å²) in [6, 6.07) is 6.26. The Morgan fingerprint density at radius 1 is 1.06 bits per heavy atom. The molecule has 33 heavy (non-hydrogen) atoms. The summed E-state index contributed by atoms with van der Waals surface area (Å²) in [7, 11) is 0. The standard InChI is InChI=1S/C22H17F3N4O4/c23-15-8-13(9-16(24)19(15)25)27-22(33)26-10-11-1-2-12-5-6-29(21(32)14(12)7-11)17-3-4-18(30)28-20(17)31/h1-2,5-9,17H,3-4,10H2,(H2,26,27,33)(H,28,30,31). The fourth-order valence-electron chi connectivity index (χ4n) is 3.59. The molecule has 3 aromatic rings. The molecule has 0 bridgehead atoms. The van der Waals surface area contributed by atoms with Crippen molar-refractivity contribution in [3.63, 3.8) is 0 Å². The second-order valence-corrected chi connectivity index (χ2v) is 7.48. The highest BCUT2D eigenvalue weighted by atomic mass is 19.2. The zero-order chi connectivity index (χ0) is 23.7. The van der Waals surface area contributed by atoms with Gasteiger partial charge >= 0.3 is 6.03 Å². The number of fused-ring (bicyclic) bond motifs is 1. The summed E-state index contributed by atoms with van der Waals surface area (Å²) < 4.78 is 40.8. The Bertz CT molecular complexity index is 1330. The molecule has 0 spiro atoms. The van der Waals surface area contributed by atoms with Crippen LogP contribution in [0.15, 0.2) is 47.4 Å². The minimum absolute atomic E-state index is 0.0271. The molecule has 0 aliphatic carbocycles. The van der Waals surface area contributed by atoms with E-state index in [1.807, 2.05) is 0 Å². The van der Waals surface area contributed by atoms with Gasteiger partial charge in [0.2, 0.25) is 11.8 Å².